The molecule has 0 unspecified atom stereocenters. The molecule has 1 heterocycles. The number of hydrogen-bond donors (Lipinski definition) is 3. The van der Waals surface area contributed by atoms with E-state index in [1.165, 1.54) is 24.3 Å². The minimum atomic E-state index is -0.646. The minimum Gasteiger partial charge on any atom is -0.490 e. The molecule has 1 aliphatic heterocycles. The maximum Gasteiger partial charge on any atom is 0.323 e. The molecule has 0 saturated heterocycles. The molecule has 130 valence electrons. The van der Waals surface area contributed by atoms with Gasteiger partial charge in [-0.15, -0.1) is 0 Å². The highest BCUT2D eigenvalue weighted by atomic mass is 19.1. The van der Waals surface area contributed by atoms with Crippen LogP contribution in [0, 0.1) is 11.2 Å². The summed E-state index contributed by atoms with van der Waals surface area (Å²) in [5.41, 5.74) is 0.802. The fraction of sp³-hybridized carbons (Fsp3) is 0.222. The Labute approximate surface area is 144 Å². The highest BCUT2D eigenvalue weighted by Crippen LogP contribution is 2.34. The SMILES string of the molecule is CC1(C)COc2ccc(NC(=O)Nc3ccc(F)cc3)cc2NC1=O. The summed E-state index contributed by atoms with van der Waals surface area (Å²) in [4.78, 5) is 24.2. The molecule has 0 aromatic heterocycles. The molecule has 3 amide bonds. The molecule has 7 heteroatoms. The quantitative estimate of drug-likeness (QED) is 0.775. The number of urea groups is 1. The first-order chi connectivity index (χ1) is 11.8. The van der Waals surface area contributed by atoms with Crippen molar-refractivity contribution in [2.75, 3.05) is 22.6 Å². The van der Waals surface area contributed by atoms with Gasteiger partial charge in [0.2, 0.25) is 5.91 Å². The van der Waals surface area contributed by atoms with Crippen molar-refractivity contribution in [1.82, 2.24) is 0 Å². The Morgan fingerprint density at radius 3 is 2.48 bits per heavy atom. The summed E-state index contributed by atoms with van der Waals surface area (Å²) in [5.74, 6) is 0.0120. The summed E-state index contributed by atoms with van der Waals surface area (Å²) in [6.07, 6.45) is 0. The van der Waals surface area contributed by atoms with Crippen LogP contribution in [0.4, 0.5) is 26.2 Å². The standard InChI is InChI=1S/C18H18FN3O3/c1-18(2)10-25-15-8-7-13(9-14(15)22-16(18)23)21-17(24)20-12-5-3-11(19)4-6-12/h3-9H,10H2,1-2H3,(H,22,23)(H2,20,21,24). The van der Waals surface area contributed by atoms with E-state index in [1.54, 1.807) is 32.0 Å². The van der Waals surface area contributed by atoms with Crippen LogP contribution in [0.3, 0.4) is 0 Å². The Morgan fingerprint density at radius 2 is 1.76 bits per heavy atom. The van der Waals surface area contributed by atoms with Crippen LogP contribution in [-0.4, -0.2) is 18.5 Å². The Balaban J connectivity index is 1.71. The highest BCUT2D eigenvalue weighted by molar-refractivity contribution is 6.01. The maximum absolute atomic E-state index is 12.9. The average Bonchev–Trinajstić information content (AvgIpc) is 2.66. The predicted octanol–water partition coefficient (Wildman–Crippen LogP) is 3.83. The molecule has 3 rings (SSSR count). The number of hydrogen-bond acceptors (Lipinski definition) is 3. The number of halogens is 1. The van der Waals surface area contributed by atoms with Gasteiger partial charge in [0, 0.05) is 11.4 Å². The smallest absolute Gasteiger partial charge is 0.323 e. The summed E-state index contributed by atoms with van der Waals surface area (Å²) in [5, 5.41) is 8.06. The van der Waals surface area contributed by atoms with Crippen LogP contribution >= 0.6 is 0 Å². The van der Waals surface area contributed by atoms with Crippen molar-refractivity contribution in [3.63, 3.8) is 0 Å². The fourth-order valence-corrected chi connectivity index (χ4v) is 2.27. The van der Waals surface area contributed by atoms with E-state index in [0.717, 1.165) is 0 Å². The third-order valence-corrected chi connectivity index (χ3v) is 3.79. The lowest BCUT2D eigenvalue weighted by atomic mass is 9.94. The van der Waals surface area contributed by atoms with Crippen molar-refractivity contribution in [2.24, 2.45) is 5.41 Å². The predicted molar refractivity (Wildman–Crippen MR) is 93.4 cm³/mol. The number of anilines is 3. The molecule has 2 aromatic rings. The normalized spacial score (nSPS) is 15.2. The number of carbonyl (C=O) groups excluding carboxylic acids is 2. The number of nitrogens with one attached hydrogen (secondary N) is 3. The van der Waals surface area contributed by atoms with Crippen molar-refractivity contribution in [2.45, 2.75) is 13.8 Å². The lowest BCUT2D eigenvalue weighted by molar-refractivity contribution is -0.124. The zero-order chi connectivity index (χ0) is 18.0. The van der Waals surface area contributed by atoms with Crippen molar-refractivity contribution in [1.29, 1.82) is 0 Å². The Hall–Kier alpha value is -3.09. The average molecular weight is 343 g/mol. The van der Waals surface area contributed by atoms with Crippen molar-refractivity contribution < 1.29 is 18.7 Å². The summed E-state index contributed by atoms with van der Waals surface area (Å²) >= 11 is 0. The molecular weight excluding hydrogens is 325 g/mol. The number of rotatable bonds is 2. The van der Waals surface area contributed by atoms with Gasteiger partial charge >= 0.3 is 6.03 Å². The van der Waals surface area contributed by atoms with E-state index in [0.29, 0.717) is 22.8 Å². The van der Waals surface area contributed by atoms with E-state index in [9.17, 15) is 14.0 Å². The molecule has 0 saturated carbocycles. The number of benzene rings is 2. The monoisotopic (exact) mass is 343 g/mol. The second-order valence-electron chi connectivity index (χ2n) is 6.42. The Morgan fingerprint density at radius 1 is 1.12 bits per heavy atom. The number of ether oxygens (including phenoxy) is 1. The summed E-state index contributed by atoms with van der Waals surface area (Å²) < 4.78 is 18.5. The molecule has 0 fully saturated rings. The maximum atomic E-state index is 12.9. The first kappa shape index (κ1) is 16.8. The number of carbonyl (C=O) groups is 2. The summed E-state index contributed by atoms with van der Waals surface area (Å²) in [7, 11) is 0. The van der Waals surface area contributed by atoms with E-state index in [1.807, 2.05) is 0 Å². The number of fused-ring (bicyclic) bond motifs is 1. The van der Waals surface area contributed by atoms with Gasteiger partial charge in [-0.1, -0.05) is 0 Å². The van der Waals surface area contributed by atoms with Gasteiger partial charge in [-0.25, -0.2) is 9.18 Å². The van der Waals surface area contributed by atoms with Crippen LogP contribution in [0.15, 0.2) is 42.5 Å². The van der Waals surface area contributed by atoms with E-state index < -0.39 is 11.4 Å². The van der Waals surface area contributed by atoms with Gasteiger partial charge in [-0.2, -0.15) is 0 Å². The molecule has 3 N–H and O–H groups in total. The third-order valence-electron chi connectivity index (χ3n) is 3.79. The van der Waals surface area contributed by atoms with Crippen LogP contribution in [0.1, 0.15) is 13.8 Å². The van der Waals surface area contributed by atoms with Crippen molar-refractivity contribution >= 4 is 29.0 Å². The summed E-state index contributed by atoms with van der Waals surface area (Å²) in [6.45, 7) is 3.86. The second-order valence-corrected chi connectivity index (χ2v) is 6.42. The second kappa shape index (κ2) is 6.43. The zero-order valence-electron chi connectivity index (χ0n) is 13.9. The van der Waals surface area contributed by atoms with Gasteiger partial charge in [-0.3, -0.25) is 4.79 Å². The molecule has 2 aromatic carbocycles. The lowest BCUT2D eigenvalue weighted by Crippen LogP contribution is -2.33. The molecule has 1 aliphatic rings. The highest BCUT2D eigenvalue weighted by Gasteiger charge is 2.32. The minimum absolute atomic E-state index is 0.154. The van der Waals surface area contributed by atoms with Crippen LogP contribution in [0.5, 0.6) is 5.75 Å². The molecule has 0 aliphatic carbocycles. The van der Waals surface area contributed by atoms with Crippen LogP contribution < -0.4 is 20.7 Å². The first-order valence-electron chi connectivity index (χ1n) is 7.75. The van der Waals surface area contributed by atoms with E-state index in [4.69, 9.17) is 4.74 Å². The molecule has 0 atom stereocenters. The molecule has 0 bridgehead atoms. The molecule has 0 radical (unpaired) electrons. The molecule has 25 heavy (non-hydrogen) atoms. The van der Waals surface area contributed by atoms with Crippen LogP contribution in [-0.2, 0) is 4.79 Å². The zero-order valence-corrected chi connectivity index (χ0v) is 13.9. The van der Waals surface area contributed by atoms with E-state index in [-0.39, 0.29) is 18.3 Å². The van der Waals surface area contributed by atoms with Crippen molar-refractivity contribution in [3.05, 3.63) is 48.3 Å². The van der Waals surface area contributed by atoms with Gasteiger partial charge in [-0.05, 0) is 56.3 Å². The Bertz CT molecular complexity index is 819. The van der Waals surface area contributed by atoms with E-state index in [2.05, 4.69) is 16.0 Å². The van der Waals surface area contributed by atoms with Gasteiger partial charge < -0.3 is 20.7 Å². The van der Waals surface area contributed by atoms with Gasteiger partial charge in [0.25, 0.3) is 0 Å². The number of amides is 3. The first-order valence-corrected chi connectivity index (χ1v) is 7.75. The van der Waals surface area contributed by atoms with Gasteiger partial charge in [0.05, 0.1) is 11.1 Å². The Kier molecular flexibility index (Phi) is 4.31. The van der Waals surface area contributed by atoms with Gasteiger partial charge in [0.15, 0.2) is 0 Å². The van der Waals surface area contributed by atoms with Crippen LogP contribution in [0.25, 0.3) is 0 Å². The third kappa shape index (κ3) is 3.88. The largest absolute Gasteiger partial charge is 0.490 e. The molecule has 0 spiro atoms. The topological polar surface area (TPSA) is 79.5 Å². The van der Waals surface area contributed by atoms with Crippen LogP contribution in [0.2, 0.25) is 0 Å². The molecular formula is C18H18FN3O3. The fourth-order valence-electron chi connectivity index (χ4n) is 2.27. The summed E-state index contributed by atoms with van der Waals surface area (Å²) in [6, 6.07) is 9.94. The molecule has 6 nitrogen and oxygen atoms in total. The van der Waals surface area contributed by atoms with E-state index >= 15 is 0 Å². The van der Waals surface area contributed by atoms with Gasteiger partial charge in [0.1, 0.15) is 18.2 Å². The lowest BCUT2D eigenvalue weighted by Gasteiger charge is -2.18. The van der Waals surface area contributed by atoms with Crippen molar-refractivity contribution in [3.8, 4) is 5.75 Å².